The number of amides is 1. The molecule has 3 N–H and O–H groups in total. The van der Waals surface area contributed by atoms with Crippen molar-refractivity contribution in [1.29, 1.82) is 0 Å². The Hall–Kier alpha value is -1.40. The largest absolute Gasteiger partial charge is 0.398 e. The summed E-state index contributed by atoms with van der Waals surface area (Å²) in [7, 11) is 0. The minimum absolute atomic E-state index is 0.136. The van der Waals surface area contributed by atoms with Gasteiger partial charge in [-0.2, -0.15) is 0 Å². The van der Waals surface area contributed by atoms with E-state index in [0.29, 0.717) is 17.8 Å². The number of nitrogens with two attached hydrogens (primary N) is 1. The van der Waals surface area contributed by atoms with Crippen LogP contribution < -0.4 is 11.1 Å². The molecule has 1 amide bonds. The highest BCUT2D eigenvalue weighted by Crippen LogP contribution is 2.20. The molecule has 0 fully saturated rings. The number of hydrogen-bond donors (Lipinski definition) is 2. The Morgan fingerprint density at radius 1 is 1.56 bits per heavy atom. The Balaban J connectivity index is 2.01. The minimum atomic E-state index is -0.136. The maximum Gasteiger partial charge on any atom is 0.251 e. The van der Waals surface area contributed by atoms with Crippen molar-refractivity contribution < 1.29 is 4.79 Å². The molecule has 2 rings (SSSR count). The highest BCUT2D eigenvalue weighted by atomic mass is 79.9. The van der Waals surface area contributed by atoms with E-state index in [1.165, 1.54) is 11.3 Å². The van der Waals surface area contributed by atoms with Crippen molar-refractivity contribution in [2.75, 3.05) is 5.73 Å². The van der Waals surface area contributed by atoms with Gasteiger partial charge in [0.05, 0.1) is 6.54 Å². The Morgan fingerprint density at radius 2 is 2.33 bits per heavy atom. The van der Waals surface area contributed by atoms with Gasteiger partial charge in [-0.1, -0.05) is 0 Å². The van der Waals surface area contributed by atoms with Gasteiger partial charge >= 0.3 is 0 Å². The maximum absolute atomic E-state index is 11.9. The van der Waals surface area contributed by atoms with E-state index in [1.807, 2.05) is 12.3 Å². The molecule has 18 heavy (non-hydrogen) atoms. The van der Waals surface area contributed by atoms with E-state index in [0.717, 1.165) is 15.2 Å². The topological polar surface area (TPSA) is 68.0 Å². The molecule has 0 saturated carbocycles. The number of nitrogens with zero attached hydrogens (tertiary/aromatic N) is 1. The van der Waals surface area contributed by atoms with E-state index in [2.05, 4.69) is 26.2 Å². The van der Waals surface area contributed by atoms with Gasteiger partial charge in [0.15, 0.2) is 0 Å². The van der Waals surface area contributed by atoms with Gasteiger partial charge in [0.25, 0.3) is 5.91 Å². The third-order valence-electron chi connectivity index (χ3n) is 2.33. The molecule has 0 aliphatic carbocycles. The maximum atomic E-state index is 11.9. The van der Waals surface area contributed by atoms with Crippen LogP contribution >= 0.6 is 27.3 Å². The third kappa shape index (κ3) is 3.08. The molecule has 0 bridgehead atoms. The zero-order chi connectivity index (χ0) is 13.1. The fourth-order valence-electron chi connectivity index (χ4n) is 1.41. The molecule has 0 aliphatic heterocycles. The first-order chi connectivity index (χ1) is 8.56. The number of halogens is 1. The fraction of sp³-hybridized carbons (Fsp3) is 0.167. The molecule has 0 saturated heterocycles. The molecule has 0 atom stereocenters. The van der Waals surface area contributed by atoms with Gasteiger partial charge in [-0.05, 0) is 41.1 Å². The number of thiazole rings is 1. The fourth-order valence-corrected chi connectivity index (χ4v) is 2.50. The molecule has 0 aliphatic rings. The van der Waals surface area contributed by atoms with Crippen LogP contribution in [0.25, 0.3) is 0 Å². The van der Waals surface area contributed by atoms with Crippen molar-refractivity contribution in [1.82, 2.24) is 10.3 Å². The number of nitrogens with one attached hydrogen (secondary N) is 1. The molecule has 0 spiro atoms. The zero-order valence-corrected chi connectivity index (χ0v) is 12.1. The molecular formula is C12H12BrN3OS. The molecule has 2 aromatic rings. The Kier molecular flexibility index (Phi) is 3.98. The number of hydrogen-bond acceptors (Lipinski definition) is 4. The van der Waals surface area contributed by atoms with Crippen LogP contribution in [0.15, 0.2) is 28.1 Å². The summed E-state index contributed by atoms with van der Waals surface area (Å²) in [6.07, 6.45) is 0. The van der Waals surface area contributed by atoms with E-state index in [4.69, 9.17) is 5.73 Å². The quantitative estimate of drug-likeness (QED) is 0.852. The summed E-state index contributed by atoms with van der Waals surface area (Å²) in [6, 6.07) is 5.10. The van der Waals surface area contributed by atoms with Gasteiger partial charge in [0, 0.05) is 26.8 Å². The molecular weight excluding hydrogens is 314 g/mol. The Morgan fingerprint density at radius 3 is 2.94 bits per heavy atom. The number of carbonyl (C=O) groups excluding carboxylic acids is 1. The van der Waals surface area contributed by atoms with Gasteiger partial charge < -0.3 is 11.1 Å². The van der Waals surface area contributed by atoms with Crippen molar-refractivity contribution in [3.05, 3.63) is 44.3 Å². The van der Waals surface area contributed by atoms with Gasteiger partial charge in [-0.3, -0.25) is 4.79 Å². The van der Waals surface area contributed by atoms with Crippen LogP contribution in [0.1, 0.15) is 21.1 Å². The summed E-state index contributed by atoms with van der Waals surface area (Å²) >= 11 is 4.84. The van der Waals surface area contributed by atoms with E-state index in [1.54, 1.807) is 18.2 Å². The van der Waals surface area contributed by atoms with Crippen molar-refractivity contribution in [3.8, 4) is 0 Å². The van der Waals surface area contributed by atoms with Crippen molar-refractivity contribution in [3.63, 3.8) is 0 Å². The average molecular weight is 326 g/mol. The molecule has 0 radical (unpaired) electrons. The normalized spacial score (nSPS) is 10.3. The van der Waals surface area contributed by atoms with Crippen LogP contribution in [0, 0.1) is 6.92 Å². The van der Waals surface area contributed by atoms with Gasteiger partial charge in [0.1, 0.15) is 5.01 Å². The molecule has 1 aromatic heterocycles. The highest BCUT2D eigenvalue weighted by Gasteiger charge is 2.08. The number of nitrogen functional groups attached to an aromatic ring is 1. The number of benzene rings is 1. The molecule has 94 valence electrons. The molecule has 0 unspecified atom stereocenters. The van der Waals surface area contributed by atoms with Gasteiger partial charge in [0.2, 0.25) is 0 Å². The minimum Gasteiger partial charge on any atom is -0.398 e. The van der Waals surface area contributed by atoms with Crippen LogP contribution in [0.5, 0.6) is 0 Å². The Labute approximate surface area is 117 Å². The first-order valence-electron chi connectivity index (χ1n) is 5.30. The zero-order valence-electron chi connectivity index (χ0n) is 9.74. The molecule has 1 aromatic carbocycles. The number of aryl methyl sites for hydroxylation is 1. The summed E-state index contributed by atoms with van der Waals surface area (Å²) in [4.78, 5) is 16.2. The predicted molar refractivity (Wildman–Crippen MR) is 76.6 cm³/mol. The van der Waals surface area contributed by atoms with Gasteiger partial charge in [-0.15, -0.1) is 11.3 Å². The molecule has 4 nitrogen and oxygen atoms in total. The number of carbonyl (C=O) groups is 1. The van der Waals surface area contributed by atoms with Crippen molar-refractivity contribution in [2.24, 2.45) is 0 Å². The second-order valence-electron chi connectivity index (χ2n) is 3.80. The summed E-state index contributed by atoms with van der Waals surface area (Å²) in [6.45, 7) is 2.37. The summed E-state index contributed by atoms with van der Waals surface area (Å²) < 4.78 is 0.722. The lowest BCUT2D eigenvalue weighted by Gasteiger charge is -2.05. The second-order valence-corrected chi connectivity index (χ2v) is 5.60. The summed E-state index contributed by atoms with van der Waals surface area (Å²) in [5, 5.41) is 5.68. The van der Waals surface area contributed by atoms with Crippen LogP contribution in [-0.2, 0) is 6.54 Å². The summed E-state index contributed by atoms with van der Waals surface area (Å²) in [5.74, 6) is -0.136. The van der Waals surface area contributed by atoms with E-state index >= 15 is 0 Å². The van der Waals surface area contributed by atoms with E-state index in [-0.39, 0.29) is 5.91 Å². The average Bonchev–Trinajstić information content (AvgIpc) is 2.75. The van der Waals surface area contributed by atoms with Crippen molar-refractivity contribution in [2.45, 2.75) is 13.5 Å². The van der Waals surface area contributed by atoms with Crippen LogP contribution in [-0.4, -0.2) is 10.9 Å². The number of anilines is 1. The summed E-state index contributed by atoms with van der Waals surface area (Å²) in [5.41, 5.74) is 7.83. The van der Waals surface area contributed by atoms with Crippen molar-refractivity contribution >= 4 is 38.9 Å². The lowest BCUT2D eigenvalue weighted by atomic mass is 10.2. The first kappa shape index (κ1) is 13.0. The third-order valence-corrected chi connectivity index (χ3v) is 3.98. The number of aromatic nitrogens is 1. The monoisotopic (exact) mass is 325 g/mol. The highest BCUT2D eigenvalue weighted by molar-refractivity contribution is 9.10. The lowest BCUT2D eigenvalue weighted by Crippen LogP contribution is -2.22. The number of rotatable bonds is 3. The smallest absolute Gasteiger partial charge is 0.251 e. The standard InChI is InChI=1S/C12H12BrN3OS/c1-7-6-18-11(16-7)5-15-12(17)8-2-3-10(14)9(13)4-8/h2-4,6H,5,14H2,1H3,(H,15,17). The van der Waals surface area contributed by atoms with Crippen LogP contribution in [0.3, 0.4) is 0 Å². The predicted octanol–water partition coefficient (Wildman–Crippen LogP) is 2.73. The van der Waals surface area contributed by atoms with Crippen LogP contribution in [0.4, 0.5) is 5.69 Å². The van der Waals surface area contributed by atoms with E-state index < -0.39 is 0 Å². The lowest BCUT2D eigenvalue weighted by molar-refractivity contribution is 0.0951. The molecule has 6 heteroatoms. The Bertz CT molecular complexity index is 582. The first-order valence-corrected chi connectivity index (χ1v) is 6.98. The SMILES string of the molecule is Cc1csc(CNC(=O)c2ccc(N)c(Br)c2)n1. The van der Waals surface area contributed by atoms with Gasteiger partial charge in [-0.25, -0.2) is 4.98 Å². The molecule has 1 heterocycles. The second kappa shape index (κ2) is 5.49. The van der Waals surface area contributed by atoms with E-state index in [9.17, 15) is 4.79 Å². The van der Waals surface area contributed by atoms with Crippen LogP contribution in [0.2, 0.25) is 0 Å².